The van der Waals surface area contributed by atoms with Crippen LogP contribution in [0.4, 0.5) is 0 Å². The van der Waals surface area contributed by atoms with Crippen LogP contribution in [0, 0.1) is 0 Å². The van der Waals surface area contributed by atoms with Gasteiger partial charge in [0.25, 0.3) is 0 Å². The molecule has 1 aromatic rings. The minimum absolute atomic E-state index is 0.137. The first-order valence-corrected chi connectivity index (χ1v) is 8.09. The Bertz CT molecular complexity index is 531. The van der Waals surface area contributed by atoms with Gasteiger partial charge in [0.2, 0.25) is 10.0 Å². The average molecular weight is 300 g/mol. The van der Waals surface area contributed by atoms with Crippen molar-refractivity contribution >= 4 is 16.0 Å². The maximum atomic E-state index is 12.3. The normalized spacial score (nSPS) is 13.3. The van der Waals surface area contributed by atoms with E-state index in [-0.39, 0.29) is 18.2 Å². The molecule has 0 fully saturated rings. The second-order valence-electron chi connectivity index (χ2n) is 4.58. The van der Waals surface area contributed by atoms with E-state index in [1.165, 1.54) is 0 Å². The van der Waals surface area contributed by atoms with E-state index in [4.69, 9.17) is 5.11 Å². The summed E-state index contributed by atoms with van der Waals surface area (Å²) in [4.78, 5) is 14.9. The van der Waals surface area contributed by atoms with E-state index >= 15 is 0 Å². The molecule has 0 saturated carbocycles. The van der Waals surface area contributed by atoms with Gasteiger partial charge in [-0.1, -0.05) is 13.0 Å². The molecular weight excluding hydrogens is 280 g/mol. The third-order valence-electron chi connectivity index (χ3n) is 3.07. The van der Waals surface area contributed by atoms with Crippen LogP contribution in [0.3, 0.4) is 0 Å². The molecule has 1 rings (SSSR count). The Morgan fingerprint density at radius 1 is 1.45 bits per heavy atom. The first-order chi connectivity index (χ1) is 9.36. The van der Waals surface area contributed by atoms with Crippen molar-refractivity contribution in [2.45, 2.75) is 32.7 Å². The summed E-state index contributed by atoms with van der Waals surface area (Å²) in [7, 11) is -3.61. The fourth-order valence-electron chi connectivity index (χ4n) is 1.76. The molecule has 0 saturated heterocycles. The molecule has 1 N–H and O–H groups in total. The summed E-state index contributed by atoms with van der Waals surface area (Å²) in [5.74, 6) is -1.28. The summed E-state index contributed by atoms with van der Waals surface area (Å²) < 4.78 is 25.6. The number of carbonyl (C=O) groups is 1. The number of hydrogen-bond acceptors (Lipinski definition) is 4. The Labute approximate surface area is 119 Å². The molecular formula is C13H20N2O4S. The molecule has 0 amide bonds. The smallest absolute Gasteiger partial charge is 0.318 e. The highest BCUT2D eigenvalue weighted by Gasteiger charge is 2.28. The van der Waals surface area contributed by atoms with Crippen LogP contribution in [0.2, 0.25) is 0 Å². The summed E-state index contributed by atoms with van der Waals surface area (Å²) in [6.07, 6.45) is 2.44. The van der Waals surface area contributed by atoms with E-state index in [2.05, 4.69) is 4.98 Å². The highest BCUT2D eigenvalue weighted by atomic mass is 32.2. The van der Waals surface area contributed by atoms with Crippen LogP contribution in [0.15, 0.2) is 24.4 Å². The van der Waals surface area contributed by atoms with Crippen LogP contribution in [0.1, 0.15) is 26.0 Å². The molecule has 0 spiro atoms. The van der Waals surface area contributed by atoms with Gasteiger partial charge in [-0.05, 0) is 25.5 Å². The van der Waals surface area contributed by atoms with E-state index in [0.717, 1.165) is 4.31 Å². The fourth-order valence-corrected chi connectivity index (χ4v) is 3.47. The molecule has 1 aromatic heterocycles. The zero-order valence-electron chi connectivity index (χ0n) is 11.7. The van der Waals surface area contributed by atoms with Crippen LogP contribution in [0.5, 0.6) is 0 Å². The van der Waals surface area contributed by atoms with Gasteiger partial charge < -0.3 is 5.11 Å². The van der Waals surface area contributed by atoms with Gasteiger partial charge >= 0.3 is 5.97 Å². The number of aryl methyl sites for hydroxylation is 1. The topological polar surface area (TPSA) is 87.6 Å². The van der Waals surface area contributed by atoms with Crippen molar-refractivity contribution in [2.75, 3.05) is 12.3 Å². The van der Waals surface area contributed by atoms with E-state index in [1.807, 2.05) is 6.92 Å². The van der Waals surface area contributed by atoms with E-state index in [0.29, 0.717) is 12.1 Å². The molecule has 0 aliphatic rings. The van der Waals surface area contributed by atoms with Crippen molar-refractivity contribution in [1.29, 1.82) is 0 Å². The molecule has 0 aliphatic carbocycles. The zero-order chi connectivity index (χ0) is 15.2. The maximum Gasteiger partial charge on any atom is 0.318 e. The lowest BCUT2D eigenvalue weighted by molar-refractivity contribution is -0.137. The summed E-state index contributed by atoms with van der Waals surface area (Å²) in [5, 5.41) is 8.86. The molecule has 6 nitrogen and oxygen atoms in total. The van der Waals surface area contributed by atoms with Crippen molar-refractivity contribution in [3.63, 3.8) is 0 Å². The molecule has 1 atom stereocenters. The summed E-state index contributed by atoms with van der Waals surface area (Å²) in [5.41, 5.74) is 0.676. The molecule has 0 aliphatic heterocycles. The SMILES string of the molecule is CCC(C)N(CC(=O)O)S(=O)(=O)CCc1ccccn1. The summed E-state index contributed by atoms with van der Waals surface area (Å²) >= 11 is 0. The average Bonchev–Trinajstić information content (AvgIpc) is 2.42. The number of carboxylic acids is 1. The minimum Gasteiger partial charge on any atom is -0.480 e. The Morgan fingerprint density at radius 3 is 2.65 bits per heavy atom. The van der Waals surface area contributed by atoms with E-state index in [9.17, 15) is 13.2 Å². The van der Waals surface area contributed by atoms with Crippen molar-refractivity contribution in [2.24, 2.45) is 0 Å². The Hall–Kier alpha value is -1.47. The van der Waals surface area contributed by atoms with E-state index in [1.54, 1.807) is 31.3 Å². The van der Waals surface area contributed by atoms with Gasteiger partial charge in [0.05, 0.1) is 5.75 Å². The van der Waals surface area contributed by atoms with E-state index < -0.39 is 22.5 Å². The second kappa shape index (κ2) is 7.35. The predicted octanol–water partition coefficient (Wildman–Crippen LogP) is 1.14. The Kier molecular flexibility index (Phi) is 6.09. The molecule has 1 heterocycles. The number of sulfonamides is 1. The number of aliphatic carboxylic acids is 1. The maximum absolute atomic E-state index is 12.3. The molecule has 20 heavy (non-hydrogen) atoms. The lowest BCUT2D eigenvalue weighted by atomic mass is 10.2. The van der Waals surface area contributed by atoms with Gasteiger partial charge in [-0.25, -0.2) is 8.42 Å². The van der Waals surface area contributed by atoms with Gasteiger partial charge in [0, 0.05) is 24.4 Å². The van der Waals surface area contributed by atoms with Crippen LogP contribution in [0.25, 0.3) is 0 Å². The monoisotopic (exact) mass is 300 g/mol. The number of nitrogens with zero attached hydrogens (tertiary/aromatic N) is 2. The van der Waals surface area contributed by atoms with Crippen LogP contribution >= 0.6 is 0 Å². The summed E-state index contributed by atoms with van der Waals surface area (Å²) in [6.45, 7) is 3.04. The van der Waals surface area contributed by atoms with Gasteiger partial charge in [0.15, 0.2) is 0 Å². The molecule has 0 bridgehead atoms. The number of hydrogen-bond donors (Lipinski definition) is 1. The Morgan fingerprint density at radius 2 is 2.15 bits per heavy atom. The van der Waals surface area contributed by atoms with Crippen LogP contribution in [-0.4, -0.2) is 47.1 Å². The van der Waals surface area contributed by atoms with Crippen LogP contribution in [-0.2, 0) is 21.2 Å². The van der Waals surface area contributed by atoms with Gasteiger partial charge in [-0.2, -0.15) is 4.31 Å². The number of pyridine rings is 1. The van der Waals surface area contributed by atoms with Gasteiger partial charge in [-0.3, -0.25) is 9.78 Å². The van der Waals surface area contributed by atoms with Crippen molar-refractivity contribution in [3.05, 3.63) is 30.1 Å². The zero-order valence-corrected chi connectivity index (χ0v) is 12.5. The standard InChI is InChI=1S/C13H20N2O4S/c1-3-11(2)15(10-13(16)17)20(18,19)9-7-12-6-4-5-8-14-12/h4-6,8,11H,3,7,9-10H2,1-2H3,(H,16,17). The molecule has 0 aromatic carbocycles. The van der Waals surface area contributed by atoms with Crippen molar-refractivity contribution in [1.82, 2.24) is 9.29 Å². The third kappa shape index (κ3) is 4.90. The second-order valence-corrected chi connectivity index (χ2v) is 6.62. The Balaban J connectivity index is 2.79. The minimum atomic E-state index is -3.61. The lowest BCUT2D eigenvalue weighted by Gasteiger charge is -2.25. The third-order valence-corrected chi connectivity index (χ3v) is 5.00. The molecule has 112 valence electrons. The predicted molar refractivity (Wildman–Crippen MR) is 75.8 cm³/mol. The summed E-state index contributed by atoms with van der Waals surface area (Å²) in [6, 6.07) is 4.96. The quantitative estimate of drug-likeness (QED) is 0.778. The van der Waals surface area contributed by atoms with Crippen molar-refractivity contribution in [3.8, 4) is 0 Å². The lowest BCUT2D eigenvalue weighted by Crippen LogP contribution is -2.43. The van der Waals surface area contributed by atoms with Crippen molar-refractivity contribution < 1.29 is 18.3 Å². The number of rotatable bonds is 8. The first-order valence-electron chi connectivity index (χ1n) is 6.48. The highest BCUT2D eigenvalue weighted by Crippen LogP contribution is 2.12. The van der Waals surface area contributed by atoms with Gasteiger partial charge in [0.1, 0.15) is 6.54 Å². The molecule has 1 unspecified atom stereocenters. The molecule has 0 radical (unpaired) electrons. The number of aromatic nitrogens is 1. The molecule has 7 heteroatoms. The van der Waals surface area contributed by atoms with Crippen LogP contribution < -0.4 is 0 Å². The first kappa shape index (κ1) is 16.6. The van der Waals surface area contributed by atoms with Gasteiger partial charge in [-0.15, -0.1) is 0 Å². The number of carboxylic acid groups (broad SMARTS) is 1. The highest BCUT2D eigenvalue weighted by molar-refractivity contribution is 7.89. The fraction of sp³-hybridized carbons (Fsp3) is 0.538. The largest absolute Gasteiger partial charge is 0.480 e.